The Kier molecular flexibility index (Phi) is 5.35. The topological polar surface area (TPSA) is 78.3 Å². The van der Waals surface area contributed by atoms with Crippen LogP contribution in [0.25, 0.3) is 11.0 Å². The van der Waals surface area contributed by atoms with Gasteiger partial charge in [-0.25, -0.2) is 14.2 Å². The Morgan fingerprint density at radius 1 is 1.18 bits per heavy atom. The lowest BCUT2D eigenvalue weighted by atomic mass is 10.1. The molecule has 0 N–H and O–H groups in total. The van der Waals surface area contributed by atoms with Gasteiger partial charge in [-0.15, -0.1) is 0 Å². The smallest absolute Gasteiger partial charge is 0.344 e. The molecular weight excluding hydrogens is 363 g/mol. The number of hydrogen-bond donors (Lipinski definition) is 0. The zero-order valence-electron chi connectivity index (χ0n) is 15.7. The van der Waals surface area contributed by atoms with E-state index in [1.165, 1.54) is 25.3 Å². The molecule has 7 heteroatoms. The molecule has 1 aromatic carbocycles. The molecule has 2 aromatic heterocycles. The Hall–Kier alpha value is -3.35. The number of benzene rings is 1. The van der Waals surface area contributed by atoms with Gasteiger partial charge in [0.2, 0.25) is 11.2 Å². The molecule has 3 rings (SSSR count). The summed E-state index contributed by atoms with van der Waals surface area (Å²) in [4.78, 5) is 42.1. The number of aryl methyl sites for hydroxylation is 2. The van der Waals surface area contributed by atoms with E-state index < -0.39 is 29.1 Å². The summed E-state index contributed by atoms with van der Waals surface area (Å²) in [6.45, 7) is 5.59. The van der Waals surface area contributed by atoms with E-state index in [1.807, 2.05) is 13.8 Å². The van der Waals surface area contributed by atoms with E-state index in [2.05, 4.69) is 4.98 Å². The van der Waals surface area contributed by atoms with Crippen LogP contribution in [-0.4, -0.2) is 27.4 Å². The van der Waals surface area contributed by atoms with Crippen molar-refractivity contribution in [2.75, 3.05) is 0 Å². The highest BCUT2D eigenvalue weighted by Gasteiger charge is 2.23. The molecule has 0 unspecified atom stereocenters. The van der Waals surface area contributed by atoms with E-state index in [9.17, 15) is 18.8 Å². The molecule has 28 heavy (non-hydrogen) atoms. The zero-order valence-corrected chi connectivity index (χ0v) is 15.7. The molecular formula is C21H19FN2O4. The summed E-state index contributed by atoms with van der Waals surface area (Å²) in [7, 11) is 0. The van der Waals surface area contributed by atoms with Crippen molar-refractivity contribution in [2.45, 2.75) is 33.4 Å². The summed E-state index contributed by atoms with van der Waals surface area (Å²) in [5.74, 6) is -1.85. The van der Waals surface area contributed by atoms with Gasteiger partial charge in [0.25, 0.3) is 0 Å². The highest BCUT2D eigenvalue weighted by atomic mass is 19.1. The van der Waals surface area contributed by atoms with Crippen molar-refractivity contribution in [1.29, 1.82) is 0 Å². The maximum atomic E-state index is 13.0. The number of ketones is 1. The Morgan fingerprint density at radius 3 is 2.50 bits per heavy atom. The van der Waals surface area contributed by atoms with Crippen LogP contribution in [0.2, 0.25) is 0 Å². The second-order valence-corrected chi connectivity index (χ2v) is 6.40. The fraction of sp³-hybridized carbons (Fsp3) is 0.238. The van der Waals surface area contributed by atoms with Crippen LogP contribution < -0.4 is 5.43 Å². The van der Waals surface area contributed by atoms with Crippen molar-refractivity contribution in [3.63, 3.8) is 0 Å². The average molecular weight is 382 g/mol. The largest absolute Gasteiger partial charge is 0.451 e. The maximum Gasteiger partial charge on any atom is 0.344 e. The van der Waals surface area contributed by atoms with E-state index in [1.54, 1.807) is 16.7 Å². The Balaban J connectivity index is 1.92. The van der Waals surface area contributed by atoms with Gasteiger partial charge in [0.1, 0.15) is 17.0 Å². The first kappa shape index (κ1) is 19.4. The van der Waals surface area contributed by atoms with Crippen LogP contribution in [0.15, 0.2) is 47.4 Å². The van der Waals surface area contributed by atoms with Crippen LogP contribution >= 0.6 is 0 Å². The molecule has 0 radical (unpaired) electrons. The first-order valence-electron chi connectivity index (χ1n) is 8.83. The summed E-state index contributed by atoms with van der Waals surface area (Å²) in [5.41, 5.74) is 0.783. The lowest BCUT2D eigenvalue weighted by molar-refractivity contribution is 0.0317. The van der Waals surface area contributed by atoms with Crippen molar-refractivity contribution in [1.82, 2.24) is 9.55 Å². The normalized spacial score (nSPS) is 12.0. The first-order chi connectivity index (χ1) is 13.3. The number of rotatable bonds is 5. The number of halogens is 1. The van der Waals surface area contributed by atoms with Gasteiger partial charge in [-0.2, -0.15) is 0 Å². The average Bonchev–Trinajstić information content (AvgIpc) is 2.68. The van der Waals surface area contributed by atoms with E-state index in [4.69, 9.17) is 4.74 Å². The van der Waals surface area contributed by atoms with Crippen molar-refractivity contribution >= 4 is 22.8 Å². The van der Waals surface area contributed by atoms with Gasteiger partial charge < -0.3 is 9.30 Å². The standard InChI is InChI=1S/C21H19FN2O4/c1-4-24-11-17(19(26)16-10-5-12(2)23-20(16)24)21(27)28-13(3)18(25)14-6-8-15(22)9-7-14/h5-11,13H,4H2,1-3H3/t13-/m1/s1. The number of ether oxygens (including phenoxy) is 1. The summed E-state index contributed by atoms with van der Waals surface area (Å²) in [6.07, 6.45) is 0.272. The second-order valence-electron chi connectivity index (χ2n) is 6.40. The number of esters is 1. The highest BCUT2D eigenvalue weighted by Crippen LogP contribution is 2.13. The quantitative estimate of drug-likeness (QED) is 0.500. The van der Waals surface area contributed by atoms with E-state index >= 15 is 0 Å². The number of aromatic nitrogens is 2. The summed E-state index contributed by atoms with van der Waals surface area (Å²) in [5, 5.41) is 0.305. The van der Waals surface area contributed by atoms with Crippen LogP contribution in [0.5, 0.6) is 0 Å². The molecule has 3 aromatic rings. The predicted molar refractivity (Wildman–Crippen MR) is 102 cm³/mol. The molecule has 144 valence electrons. The molecule has 0 bridgehead atoms. The molecule has 0 aliphatic carbocycles. The van der Waals surface area contributed by atoms with Gasteiger partial charge in [0, 0.05) is 24.0 Å². The van der Waals surface area contributed by atoms with Crippen molar-refractivity contribution in [3.8, 4) is 0 Å². The Bertz CT molecular complexity index is 1120. The summed E-state index contributed by atoms with van der Waals surface area (Å²) in [6, 6.07) is 8.25. The van der Waals surface area contributed by atoms with Crippen LogP contribution in [0, 0.1) is 12.7 Å². The molecule has 2 heterocycles. The molecule has 0 saturated heterocycles. The minimum atomic E-state index is -1.13. The monoisotopic (exact) mass is 382 g/mol. The van der Waals surface area contributed by atoms with E-state index in [0.29, 0.717) is 17.6 Å². The van der Waals surface area contributed by atoms with Crippen LogP contribution in [0.3, 0.4) is 0 Å². The molecule has 0 saturated carbocycles. The molecule has 0 amide bonds. The van der Waals surface area contributed by atoms with Crippen LogP contribution in [0.1, 0.15) is 40.3 Å². The van der Waals surface area contributed by atoms with Crippen molar-refractivity contribution in [3.05, 3.63) is 75.5 Å². The minimum Gasteiger partial charge on any atom is -0.451 e. The van der Waals surface area contributed by atoms with Gasteiger partial charge in [0.05, 0.1) is 5.39 Å². The number of fused-ring (bicyclic) bond motifs is 1. The third-order valence-electron chi connectivity index (χ3n) is 4.40. The van der Waals surface area contributed by atoms with Gasteiger partial charge in [-0.05, 0) is 57.2 Å². The number of hydrogen-bond acceptors (Lipinski definition) is 5. The SMILES string of the molecule is CCn1cc(C(=O)O[C@H](C)C(=O)c2ccc(F)cc2)c(=O)c2ccc(C)nc21. The number of nitrogens with zero attached hydrogens (tertiary/aromatic N) is 2. The molecule has 0 spiro atoms. The highest BCUT2D eigenvalue weighted by molar-refractivity contribution is 6.01. The van der Waals surface area contributed by atoms with Crippen molar-refractivity contribution in [2.24, 2.45) is 0 Å². The third kappa shape index (κ3) is 3.69. The number of pyridine rings is 2. The second kappa shape index (κ2) is 7.72. The zero-order chi connectivity index (χ0) is 20.4. The van der Waals surface area contributed by atoms with Crippen LogP contribution in [-0.2, 0) is 11.3 Å². The third-order valence-corrected chi connectivity index (χ3v) is 4.40. The molecule has 0 fully saturated rings. The van der Waals surface area contributed by atoms with Crippen molar-refractivity contribution < 1.29 is 18.7 Å². The Labute approximate surface area is 160 Å². The molecule has 6 nitrogen and oxygen atoms in total. The number of carbonyl (C=O) groups excluding carboxylic acids is 2. The summed E-state index contributed by atoms with van der Waals surface area (Å²) < 4.78 is 19.9. The fourth-order valence-electron chi connectivity index (χ4n) is 2.87. The summed E-state index contributed by atoms with van der Waals surface area (Å²) >= 11 is 0. The minimum absolute atomic E-state index is 0.168. The lowest BCUT2D eigenvalue weighted by Crippen LogP contribution is -2.28. The van der Waals surface area contributed by atoms with Gasteiger partial charge in [-0.1, -0.05) is 0 Å². The van der Waals surface area contributed by atoms with Crippen LogP contribution in [0.4, 0.5) is 4.39 Å². The first-order valence-corrected chi connectivity index (χ1v) is 8.83. The molecule has 1 atom stereocenters. The fourth-order valence-corrected chi connectivity index (χ4v) is 2.87. The molecule has 0 aliphatic heterocycles. The Morgan fingerprint density at radius 2 is 1.86 bits per heavy atom. The molecule has 0 aliphatic rings. The maximum absolute atomic E-state index is 13.0. The van der Waals surface area contributed by atoms with E-state index in [0.717, 1.165) is 17.8 Å². The lowest BCUT2D eigenvalue weighted by Gasteiger charge is -2.14. The van der Waals surface area contributed by atoms with Gasteiger partial charge in [0.15, 0.2) is 6.10 Å². The number of carbonyl (C=O) groups is 2. The van der Waals surface area contributed by atoms with Gasteiger partial charge >= 0.3 is 5.97 Å². The van der Waals surface area contributed by atoms with Gasteiger partial charge in [-0.3, -0.25) is 9.59 Å². The van der Waals surface area contributed by atoms with E-state index in [-0.39, 0.29) is 11.1 Å². The predicted octanol–water partition coefficient (Wildman–Crippen LogP) is 3.29. The number of Topliss-reactive ketones (excluding diaryl/α,β-unsaturated/α-hetero) is 1.